The highest BCUT2D eigenvalue weighted by Crippen LogP contribution is 2.15. The van der Waals surface area contributed by atoms with Gasteiger partial charge < -0.3 is 21.3 Å². The predicted octanol–water partition coefficient (Wildman–Crippen LogP) is 1.12. The lowest BCUT2D eigenvalue weighted by molar-refractivity contribution is -0.123. The fraction of sp³-hybridized carbons (Fsp3) is 0.579. The monoisotopic (exact) mass is 363 g/mol. The molecule has 26 heavy (non-hydrogen) atoms. The Morgan fingerprint density at radius 3 is 2.73 bits per heavy atom. The van der Waals surface area contributed by atoms with Crippen molar-refractivity contribution in [2.24, 2.45) is 16.6 Å². The first-order chi connectivity index (χ1) is 12.6. The van der Waals surface area contributed by atoms with E-state index in [1.165, 1.54) is 12.1 Å². The summed E-state index contributed by atoms with van der Waals surface area (Å²) < 4.78 is 12.9. The van der Waals surface area contributed by atoms with Crippen molar-refractivity contribution in [1.82, 2.24) is 15.5 Å². The molecule has 7 heteroatoms. The standard InChI is InChI=1S/C19H30FN5O/c1-22-19(24-11-9-15-5-7-17(20)8-6-15)23-10-3-13-25-12-2-4-16(14-25)18(21)26/h5-8,16H,2-4,9-14H2,1H3,(H2,21,26)(H2,22,23,24). The van der Waals surface area contributed by atoms with Crippen LogP contribution in [0, 0.1) is 11.7 Å². The number of nitrogens with two attached hydrogens (primary N) is 1. The normalized spacial score (nSPS) is 18.5. The number of hydrogen-bond donors (Lipinski definition) is 3. The molecule has 4 N–H and O–H groups in total. The Morgan fingerprint density at radius 2 is 2.04 bits per heavy atom. The van der Waals surface area contributed by atoms with Crippen LogP contribution in [0.25, 0.3) is 0 Å². The maximum atomic E-state index is 12.9. The fourth-order valence-corrected chi connectivity index (χ4v) is 3.20. The summed E-state index contributed by atoms with van der Waals surface area (Å²) in [7, 11) is 1.75. The molecular weight excluding hydrogens is 333 g/mol. The van der Waals surface area contributed by atoms with E-state index in [9.17, 15) is 9.18 Å². The van der Waals surface area contributed by atoms with Crippen LogP contribution in [0.2, 0.25) is 0 Å². The SMILES string of the molecule is CN=C(NCCCN1CCCC(C(N)=O)C1)NCCc1ccc(F)cc1. The summed E-state index contributed by atoms with van der Waals surface area (Å²) in [6.07, 6.45) is 3.73. The van der Waals surface area contributed by atoms with E-state index in [0.29, 0.717) is 0 Å². The number of aliphatic imine (C=N–C) groups is 1. The first-order valence-electron chi connectivity index (χ1n) is 9.29. The summed E-state index contributed by atoms with van der Waals surface area (Å²) in [5.41, 5.74) is 6.50. The smallest absolute Gasteiger partial charge is 0.221 e. The molecule has 0 aliphatic carbocycles. The van der Waals surface area contributed by atoms with Gasteiger partial charge in [-0.15, -0.1) is 0 Å². The lowest BCUT2D eigenvalue weighted by Crippen LogP contribution is -2.43. The second kappa shape index (κ2) is 10.8. The number of carbonyl (C=O) groups is 1. The van der Waals surface area contributed by atoms with Crippen LogP contribution in [-0.4, -0.2) is 56.5 Å². The number of piperidine rings is 1. The van der Waals surface area contributed by atoms with E-state index >= 15 is 0 Å². The minimum absolute atomic E-state index is 0.00222. The van der Waals surface area contributed by atoms with Crippen molar-refractivity contribution in [1.29, 1.82) is 0 Å². The van der Waals surface area contributed by atoms with Crippen molar-refractivity contribution < 1.29 is 9.18 Å². The maximum absolute atomic E-state index is 12.9. The van der Waals surface area contributed by atoms with Crippen LogP contribution in [0.5, 0.6) is 0 Å². The number of guanidine groups is 1. The molecular formula is C19H30FN5O. The highest BCUT2D eigenvalue weighted by atomic mass is 19.1. The Morgan fingerprint density at radius 1 is 1.31 bits per heavy atom. The van der Waals surface area contributed by atoms with Gasteiger partial charge in [0.1, 0.15) is 5.82 Å². The van der Waals surface area contributed by atoms with Gasteiger partial charge in [-0.25, -0.2) is 4.39 Å². The molecule has 144 valence electrons. The number of carbonyl (C=O) groups excluding carboxylic acids is 1. The molecule has 1 aliphatic rings. The highest BCUT2D eigenvalue weighted by Gasteiger charge is 2.23. The number of likely N-dealkylation sites (tertiary alicyclic amines) is 1. The first kappa shape index (κ1) is 20.2. The number of nitrogens with zero attached hydrogens (tertiary/aromatic N) is 2. The van der Waals surface area contributed by atoms with Gasteiger partial charge in [0, 0.05) is 26.7 Å². The van der Waals surface area contributed by atoms with Crippen LogP contribution in [-0.2, 0) is 11.2 Å². The van der Waals surface area contributed by atoms with Gasteiger partial charge in [0.15, 0.2) is 5.96 Å². The molecule has 1 amide bonds. The Labute approximate surface area is 155 Å². The molecule has 0 aromatic heterocycles. The summed E-state index contributed by atoms with van der Waals surface area (Å²) in [6, 6.07) is 6.55. The molecule has 0 bridgehead atoms. The number of benzene rings is 1. The topological polar surface area (TPSA) is 82.8 Å². The largest absolute Gasteiger partial charge is 0.369 e. The minimum atomic E-state index is -0.213. The minimum Gasteiger partial charge on any atom is -0.369 e. The van der Waals surface area contributed by atoms with Crippen LogP contribution in [0.4, 0.5) is 4.39 Å². The molecule has 0 radical (unpaired) electrons. The first-order valence-corrected chi connectivity index (χ1v) is 9.29. The van der Waals surface area contributed by atoms with Crippen LogP contribution in [0.1, 0.15) is 24.8 Å². The van der Waals surface area contributed by atoms with Crippen molar-refractivity contribution in [2.45, 2.75) is 25.7 Å². The Hall–Kier alpha value is -2.15. The number of rotatable bonds is 8. The summed E-state index contributed by atoms with van der Waals surface area (Å²) in [6.45, 7) is 4.31. The Kier molecular flexibility index (Phi) is 8.34. The average molecular weight is 363 g/mol. The Bertz CT molecular complexity index is 590. The van der Waals surface area contributed by atoms with Crippen molar-refractivity contribution in [3.8, 4) is 0 Å². The second-order valence-corrected chi connectivity index (χ2v) is 6.70. The number of amides is 1. The second-order valence-electron chi connectivity index (χ2n) is 6.70. The number of halogens is 1. The number of primary amides is 1. The molecule has 1 saturated heterocycles. The van der Waals surface area contributed by atoms with Gasteiger partial charge in [-0.3, -0.25) is 9.79 Å². The lowest BCUT2D eigenvalue weighted by atomic mass is 9.97. The fourth-order valence-electron chi connectivity index (χ4n) is 3.20. The number of hydrogen-bond acceptors (Lipinski definition) is 3. The van der Waals surface area contributed by atoms with Gasteiger partial charge in [-0.2, -0.15) is 0 Å². The molecule has 6 nitrogen and oxygen atoms in total. The van der Waals surface area contributed by atoms with Crippen molar-refractivity contribution in [3.05, 3.63) is 35.6 Å². The highest BCUT2D eigenvalue weighted by molar-refractivity contribution is 5.79. The summed E-state index contributed by atoms with van der Waals surface area (Å²) in [5.74, 6) is 0.368. The Balaban J connectivity index is 1.60. The van der Waals surface area contributed by atoms with E-state index in [1.54, 1.807) is 19.2 Å². The van der Waals surface area contributed by atoms with E-state index in [4.69, 9.17) is 5.73 Å². The third-order valence-electron chi connectivity index (χ3n) is 4.69. The molecule has 1 fully saturated rings. The van der Waals surface area contributed by atoms with E-state index in [2.05, 4.69) is 20.5 Å². The van der Waals surface area contributed by atoms with E-state index in [1.807, 2.05) is 0 Å². The third kappa shape index (κ3) is 7.00. The third-order valence-corrected chi connectivity index (χ3v) is 4.69. The zero-order valence-electron chi connectivity index (χ0n) is 15.5. The van der Waals surface area contributed by atoms with Crippen LogP contribution >= 0.6 is 0 Å². The lowest BCUT2D eigenvalue weighted by Gasteiger charge is -2.31. The molecule has 1 atom stereocenters. The predicted molar refractivity (Wildman–Crippen MR) is 102 cm³/mol. The molecule has 1 aromatic rings. The van der Waals surface area contributed by atoms with Crippen LogP contribution in [0.3, 0.4) is 0 Å². The maximum Gasteiger partial charge on any atom is 0.221 e. The van der Waals surface area contributed by atoms with Crippen LogP contribution < -0.4 is 16.4 Å². The van der Waals surface area contributed by atoms with Crippen molar-refractivity contribution in [3.63, 3.8) is 0 Å². The summed E-state index contributed by atoms with van der Waals surface area (Å²) in [5, 5.41) is 6.56. The summed E-state index contributed by atoms with van der Waals surface area (Å²) >= 11 is 0. The zero-order chi connectivity index (χ0) is 18.8. The number of nitrogens with one attached hydrogen (secondary N) is 2. The van der Waals surface area contributed by atoms with Gasteiger partial charge in [0.2, 0.25) is 5.91 Å². The van der Waals surface area contributed by atoms with Crippen molar-refractivity contribution >= 4 is 11.9 Å². The summed E-state index contributed by atoms with van der Waals surface area (Å²) in [4.78, 5) is 17.8. The van der Waals surface area contributed by atoms with Gasteiger partial charge in [-0.1, -0.05) is 12.1 Å². The van der Waals surface area contributed by atoms with Gasteiger partial charge >= 0.3 is 0 Å². The van der Waals surface area contributed by atoms with Gasteiger partial charge in [0.05, 0.1) is 5.92 Å². The van der Waals surface area contributed by atoms with Crippen molar-refractivity contribution in [2.75, 3.05) is 39.8 Å². The quantitative estimate of drug-likeness (QED) is 0.367. The zero-order valence-corrected chi connectivity index (χ0v) is 15.5. The van der Waals surface area contributed by atoms with Gasteiger partial charge in [-0.05, 0) is 56.5 Å². The molecule has 1 aromatic carbocycles. The van der Waals surface area contributed by atoms with Crippen LogP contribution in [0.15, 0.2) is 29.3 Å². The van der Waals surface area contributed by atoms with Gasteiger partial charge in [0.25, 0.3) is 0 Å². The molecule has 1 heterocycles. The molecule has 0 saturated carbocycles. The van der Waals surface area contributed by atoms with E-state index in [0.717, 1.165) is 69.9 Å². The van der Waals surface area contributed by atoms with E-state index in [-0.39, 0.29) is 17.6 Å². The molecule has 1 unspecified atom stereocenters. The molecule has 2 rings (SSSR count). The average Bonchev–Trinajstić information content (AvgIpc) is 2.65. The van der Waals surface area contributed by atoms with E-state index < -0.39 is 0 Å². The molecule has 1 aliphatic heterocycles. The molecule has 0 spiro atoms.